The van der Waals surface area contributed by atoms with Crippen LogP contribution >= 0.6 is 0 Å². The van der Waals surface area contributed by atoms with Crippen LogP contribution in [0.5, 0.6) is 5.75 Å². The first-order valence-electron chi connectivity index (χ1n) is 8.87. The number of hydrogen-bond acceptors (Lipinski definition) is 4. The van der Waals surface area contributed by atoms with Gasteiger partial charge in [-0.15, -0.1) is 0 Å². The maximum Gasteiger partial charge on any atom is 0.254 e. The quantitative estimate of drug-likeness (QED) is 0.759. The highest BCUT2D eigenvalue weighted by Crippen LogP contribution is 2.26. The van der Waals surface area contributed by atoms with Gasteiger partial charge in [-0.2, -0.15) is 0 Å². The van der Waals surface area contributed by atoms with E-state index in [-0.39, 0.29) is 11.8 Å². The third kappa shape index (κ3) is 4.43. The van der Waals surface area contributed by atoms with Crippen LogP contribution in [-0.2, 0) is 4.79 Å². The zero-order valence-electron chi connectivity index (χ0n) is 14.9. The fourth-order valence-electron chi connectivity index (χ4n) is 3.03. The maximum absolute atomic E-state index is 13.6. The summed E-state index contributed by atoms with van der Waals surface area (Å²) < 4.78 is 19.2. The van der Waals surface area contributed by atoms with E-state index >= 15 is 0 Å². The molecule has 0 aromatic heterocycles. The summed E-state index contributed by atoms with van der Waals surface area (Å²) in [5, 5.41) is 2.74. The summed E-state index contributed by atoms with van der Waals surface area (Å²) >= 11 is 0. The van der Waals surface area contributed by atoms with Crippen molar-refractivity contribution in [3.63, 3.8) is 0 Å². The molecule has 1 fully saturated rings. The number of carbonyl (C=O) groups is 2. The molecule has 3 rings (SSSR count). The second-order valence-corrected chi connectivity index (χ2v) is 6.26. The summed E-state index contributed by atoms with van der Waals surface area (Å²) in [6.45, 7) is 1.77. The second-order valence-electron chi connectivity index (χ2n) is 6.26. The molecule has 0 radical (unpaired) electrons. The number of halogens is 1. The first-order chi connectivity index (χ1) is 13.1. The molecule has 0 bridgehead atoms. The standard InChI is InChI=1S/C20H22FN3O3/c21-16-4-1-3-15(13-16)18-19(25)23-10-11-24(18)20(26)14-5-7-17(8-6-14)27-12-2-9-22/h1,3-8,13,18H,2,9-12,22H2,(H,23,25)/t18-/m1/s1. The number of carbonyl (C=O) groups excluding carboxylic acids is 2. The highest BCUT2D eigenvalue weighted by atomic mass is 19.1. The van der Waals surface area contributed by atoms with Crippen LogP contribution in [0.25, 0.3) is 0 Å². The van der Waals surface area contributed by atoms with E-state index in [2.05, 4.69) is 5.32 Å². The van der Waals surface area contributed by atoms with Crippen molar-refractivity contribution in [2.75, 3.05) is 26.2 Å². The predicted molar refractivity (Wildman–Crippen MR) is 98.8 cm³/mol. The van der Waals surface area contributed by atoms with Crippen molar-refractivity contribution < 1.29 is 18.7 Å². The fraction of sp³-hybridized carbons (Fsp3) is 0.300. The fourth-order valence-corrected chi connectivity index (χ4v) is 3.03. The molecular weight excluding hydrogens is 349 g/mol. The van der Waals surface area contributed by atoms with E-state index in [4.69, 9.17) is 10.5 Å². The lowest BCUT2D eigenvalue weighted by atomic mass is 10.0. The SMILES string of the molecule is NCCCOc1ccc(C(=O)N2CCNC(=O)[C@H]2c2cccc(F)c2)cc1. The van der Waals surface area contributed by atoms with Crippen molar-refractivity contribution >= 4 is 11.8 Å². The minimum absolute atomic E-state index is 0.285. The number of piperazine rings is 1. The Morgan fingerprint density at radius 3 is 2.74 bits per heavy atom. The van der Waals surface area contributed by atoms with Crippen molar-refractivity contribution in [3.8, 4) is 5.75 Å². The van der Waals surface area contributed by atoms with Crippen molar-refractivity contribution in [2.45, 2.75) is 12.5 Å². The Labute approximate surface area is 157 Å². The first-order valence-corrected chi connectivity index (χ1v) is 8.87. The third-order valence-corrected chi connectivity index (χ3v) is 4.36. The molecule has 3 N–H and O–H groups in total. The van der Waals surface area contributed by atoms with Crippen LogP contribution in [0.2, 0.25) is 0 Å². The summed E-state index contributed by atoms with van der Waals surface area (Å²) in [5.41, 5.74) is 6.32. The molecule has 0 aliphatic carbocycles. The molecule has 2 amide bonds. The van der Waals surface area contributed by atoms with Crippen LogP contribution in [0, 0.1) is 5.82 Å². The molecule has 1 aliphatic rings. The predicted octanol–water partition coefficient (Wildman–Crippen LogP) is 1.87. The lowest BCUT2D eigenvalue weighted by Crippen LogP contribution is -2.52. The summed E-state index contributed by atoms with van der Waals surface area (Å²) in [6.07, 6.45) is 0.749. The summed E-state index contributed by atoms with van der Waals surface area (Å²) in [6, 6.07) is 11.7. The maximum atomic E-state index is 13.6. The van der Waals surface area contributed by atoms with Gasteiger partial charge in [0.25, 0.3) is 5.91 Å². The Morgan fingerprint density at radius 2 is 2.04 bits per heavy atom. The van der Waals surface area contributed by atoms with Crippen LogP contribution in [-0.4, -0.2) is 43.0 Å². The van der Waals surface area contributed by atoms with E-state index in [1.165, 1.54) is 23.1 Å². The zero-order valence-corrected chi connectivity index (χ0v) is 14.9. The van der Waals surface area contributed by atoms with Crippen LogP contribution in [0.4, 0.5) is 4.39 Å². The lowest BCUT2D eigenvalue weighted by Gasteiger charge is -2.35. The normalized spacial score (nSPS) is 16.7. The number of rotatable bonds is 6. The first kappa shape index (κ1) is 18.8. The van der Waals surface area contributed by atoms with E-state index in [9.17, 15) is 14.0 Å². The Bertz CT molecular complexity index is 810. The molecule has 6 nitrogen and oxygen atoms in total. The van der Waals surface area contributed by atoms with E-state index in [1.54, 1.807) is 30.3 Å². The number of ether oxygens (including phenoxy) is 1. The van der Waals surface area contributed by atoms with Gasteiger partial charge in [-0.25, -0.2) is 4.39 Å². The highest BCUT2D eigenvalue weighted by Gasteiger charge is 2.34. The van der Waals surface area contributed by atoms with Crippen molar-refractivity contribution in [3.05, 3.63) is 65.5 Å². The van der Waals surface area contributed by atoms with Gasteiger partial charge >= 0.3 is 0 Å². The van der Waals surface area contributed by atoms with Crippen LogP contribution in [0.15, 0.2) is 48.5 Å². The Balaban J connectivity index is 1.80. The minimum Gasteiger partial charge on any atom is -0.494 e. The van der Waals surface area contributed by atoms with Gasteiger partial charge in [-0.05, 0) is 54.9 Å². The average Bonchev–Trinajstić information content (AvgIpc) is 2.68. The smallest absolute Gasteiger partial charge is 0.254 e. The second kappa shape index (κ2) is 8.64. The monoisotopic (exact) mass is 371 g/mol. The molecule has 1 atom stereocenters. The number of benzene rings is 2. The lowest BCUT2D eigenvalue weighted by molar-refractivity contribution is -0.128. The van der Waals surface area contributed by atoms with E-state index in [1.807, 2.05) is 0 Å². The Morgan fingerprint density at radius 1 is 1.26 bits per heavy atom. The molecule has 27 heavy (non-hydrogen) atoms. The van der Waals surface area contributed by atoms with Gasteiger partial charge in [0.15, 0.2) is 0 Å². The molecule has 1 saturated heterocycles. The third-order valence-electron chi connectivity index (χ3n) is 4.36. The van der Waals surface area contributed by atoms with Crippen molar-refractivity contribution in [2.24, 2.45) is 5.73 Å². The molecule has 7 heteroatoms. The van der Waals surface area contributed by atoms with Crippen molar-refractivity contribution in [1.82, 2.24) is 10.2 Å². The summed E-state index contributed by atoms with van der Waals surface area (Å²) in [4.78, 5) is 26.8. The molecule has 0 spiro atoms. The van der Waals surface area contributed by atoms with Gasteiger partial charge < -0.3 is 20.7 Å². The molecule has 0 unspecified atom stereocenters. The van der Waals surface area contributed by atoms with E-state index in [0.717, 1.165) is 6.42 Å². The molecule has 142 valence electrons. The topological polar surface area (TPSA) is 84.7 Å². The van der Waals surface area contributed by atoms with Gasteiger partial charge in [0.05, 0.1) is 6.61 Å². The number of amides is 2. The summed E-state index contributed by atoms with van der Waals surface area (Å²) in [5.74, 6) is -0.398. The molecule has 1 heterocycles. The Hall–Kier alpha value is -2.93. The number of nitrogens with zero attached hydrogens (tertiary/aromatic N) is 1. The molecule has 2 aromatic carbocycles. The summed E-state index contributed by atoms with van der Waals surface area (Å²) in [7, 11) is 0. The van der Waals surface area contributed by atoms with Gasteiger partial charge in [0.1, 0.15) is 17.6 Å². The largest absolute Gasteiger partial charge is 0.494 e. The van der Waals surface area contributed by atoms with Gasteiger partial charge in [0.2, 0.25) is 5.91 Å². The number of nitrogens with one attached hydrogen (secondary N) is 1. The molecule has 2 aromatic rings. The highest BCUT2D eigenvalue weighted by molar-refractivity contribution is 5.98. The van der Waals surface area contributed by atoms with Crippen LogP contribution < -0.4 is 15.8 Å². The number of nitrogens with two attached hydrogens (primary N) is 1. The molecular formula is C20H22FN3O3. The van der Waals surface area contributed by atoms with Gasteiger partial charge in [-0.3, -0.25) is 9.59 Å². The molecule has 1 aliphatic heterocycles. The number of hydrogen-bond donors (Lipinski definition) is 2. The minimum atomic E-state index is -0.859. The zero-order chi connectivity index (χ0) is 19.2. The van der Waals surface area contributed by atoms with Crippen LogP contribution in [0.1, 0.15) is 28.4 Å². The van der Waals surface area contributed by atoms with Gasteiger partial charge in [-0.1, -0.05) is 12.1 Å². The molecule has 0 saturated carbocycles. The average molecular weight is 371 g/mol. The van der Waals surface area contributed by atoms with Crippen molar-refractivity contribution in [1.29, 1.82) is 0 Å². The van der Waals surface area contributed by atoms with Crippen LogP contribution in [0.3, 0.4) is 0 Å². The van der Waals surface area contributed by atoms with Gasteiger partial charge in [0, 0.05) is 18.7 Å². The Kier molecular flexibility index (Phi) is 6.03. The van der Waals surface area contributed by atoms with E-state index in [0.29, 0.717) is 43.1 Å². The van der Waals surface area contributed by atoms with E-state index < -0.39 is 11.9 Å².